The van der Waals surface area contributed by atoms with Gasteiger partial charge in [-0.1, -0.05) is 13.0 Å². The number of rotatable bonds is 5. The Hall–Kier alpha value is -1.23. The predicted octanol–water partition coefficient (Wildman–Crippen LogP) is 2.55. The van der Waals surface area contributed by atoms with E-state index in [1.807, 2.05) is 6.08 Å². The zero-order valence-electron chi connectivity index (χ0n) is 9.17. The van der Waals surface area contributed by atoms with Gasteiger partial charge in [-0.2, -0.15) is 0 Å². The van der Waals surface area contributed by atoms with E-state index in [2.05, 4.69) is 17.6 Å². The molecule has 2 nitrogen and oxygen atoms in total. The molecule has 0 aliphatic rings. The van der Waals surface area contributed by atoms with Gasteiger partial charge < -0.3 is 4.74 Å². The molecule has 0 heterocycles. The largest absolute Gasteiger partial charge is 0.466 e. The lowest BCUT2D eigenvalue weighted by atomic mass is 10.0. The Morgan fingerprint density at radius 1 is 1.64 bits per heavy atom. The monoisotopic (exact) mass is 194 g/mol. The van der Waals surface area contributed by atoms with E-state index in [1.165, 1.54) is 7.11 Å². The van der Waals surface area contributed by atoms with Crippen LogP contribution >= 0.6 is 0 Å². The summed E-state index contributed by atoms with van der Waals surface area (Å²) >= 11 is 0. The highest BCUT2D eigenvalue weighted by molar-refractivity contribution is 5.87. The normalized spacial score (nSPS) is 13.1. The van der Waals surface area contributed by atoms with E-state index in [1.54, 1.807) is 6.92 Å². The van der Waals surface area contributed by atoms with E-state index in [0.29, 0.717) is 11.5 Å². The molecular formula is C12H18O2. The molecule has 1 atom stereocenters. The maximum absolute atomic E-state index is 11.0. The van der Waals surface area contributed by atoms with Crippen LogP contribution in [0.2, 0.25) is 0 Å². The standard InChI is InChI=1S/C12H18O2/c1-5-7-10(2)8-6-9-11(3)12(13)14-4/h1,9-10H,6-8H2,2-4H3/b11-9+. The van der Waals surface area contributed by atoms with Crippen LogP contribution in [0.15, 0.2) is 11.6 Å². The van der Waals surface area contributed by atoms with Crippen molar-refractivity contribution in [1.82, 2.24) is 0 Å². The van der Waals surface area contributed by atoms with Crippen LogP contribution in [-0.4, -0.2) is 13.1 Å². The fourth-order valence-electron chi connectivity index (χ4n) is 1.13. The SMILES string of the molecule is C#CCC(C)CC/C=C(\C)C(=O)OC. The average Bonchev–Trinajstić information content (AvgIpc) is 2.16. The summed E-state index contributed by atoms with van der Waals surface area (Å²) in [6.07, 6.45) is 9.78. The summed E-state index contributed by atoms with van der Waals surface area (Å²) in [6.45, 7) is 3.87. The summed E-state index contributed by atoms with van der Waals surface area (Å²) in [5.74, 6) is 2.89. The topological polar surface area (TPSA) is 26.3 Å². The molecule has 0 aliphatic carbocycles. The molecule has 0 rings (SSSR count). The molecule has 0 fully saturated rings. The fraction of sp³-hybridized carbons (Fsp3) is 0.583. The number of hydrogen-bond donors (Lipinski definition) is 0. The first kappa shape index (κ1) is 12.8. The van der Waals surface area contributed by atoms with Crippen molar-refractivity contribution in [2.24, 2.45) is 5.92 Å². The van der Waals surface area contributed by atoms with Gasteiger partial charge in [-0.05, 0) is 25.7 Å². The highest BCUT2D eigenvalue weighted by Gasteiger charge is 2.03. The zero-order chi connectivity index (χ0) is 11.0. The number of carbonyl (C=O) groups excluding carboxylic acids is 1. The third-order valence-corrected chi connectivity index (χ3v) is 2.08. The lowest BCUT2D eigenvalue weighted by molar-refractivity contribution is -0.136. The number of allylic oxidation sites excluding steroid dienone is 1. The van der Waals surface area contributed by atoms with Crippen LogP contribution < -0.4 is 0 Å². The molecule has 0 saturated heterocycles. The molecule has 78 valence electrons. The molecule has 0 spiro atoms. The summed E-state index contributed by atoms with van der Waals surface area (Å²) in [5.41, 5.74) is 0.667. The van der Waals surface area contributed by atoms with Crippen molar-refractivity contribution in [1.29, 1.82) is 0 Å². The van der Waals surface area contributed by atoms with E-state index in [0.717, 1.165) is 19.3 Å². The molecule has 0 aromatic heterocycles. The third-order valence-electron chi connectivity index (χ3n) is 2.08. The number of terminal acetylenes is 1. The highest BCUT2D eigenvalue weighted by Crippen LogP contribution is 2.11. The second-order valence-corrected chi connectivity index (χ2v) is 3.47. The molecule has 1 unspecified atom stereocenters. The van der Waals surface area contributed by atoms with Crippen molar-refractivity contribution < 1.29 is 9.53 Å². The number of esters is 1. The van der Waals surface area contributed by atoms with Gasteiger partial charge in [0.25, 0.3) is 0 Å². The summed E-state index contributed by atoms with van der Waals surface area (Å²) in [6, 6.07) is 0. The Morgan fingerprint density at radius 2 is 2.29 bits per heavy atom. The first-order chi connectivity index (χ1) is 6.61. The van der Waals surface area contributed by atoms with Crippen LogP contribution in [0, 0.1) is 18.3 Å². The van der Waals surface area contributed by atoms with Crippen molar-refractivity contribution in [2.45, 2.75) is 33.1 Å². The Balaban J connectivity index is 3.82. The Bertz CT molecular complexity index is 246. The maximum atomic E-state index is 11.0. The average molecular weight is 194 g/mol. The summed E-state index contributed by atoms with van der Waals surface area (Å²) < 4.78 is 4.58. The molecule has 0 aromatic rings. The number of hydrogen-bond acceptors (Lipinski definition) is 2. The molecule has 2 heteroatoms. The second-order valence-electron chi connectivity index (χ2n) is 3.47. The van der Waals surface area contributed by atoms with Gasteiger partial charge in [0, 0.05) is 12.0 Å². The minimum absolute atomic E-state index is 0.255. The molecule has 0 aliphatic heterocycles. The smallest absolute Gasteiger partial charge is 0.333 e. The van der Waals surface area contributed by atoms with Gasteiger partial charge in [0.15, 0.2) is 0 Å². The first-order valence-electron chi connectivity index (χ1n) is 4.80. The van der Waals surface area contributed by atoms with Crippen LogP contribution in [0.1, 0.15) is 33.1 Å². The predicted molar refractivity (Wildman–Crippen MR) is 57.6 cm³/mol. The van der Waals surface area contributed by atoms with E-state index < -0.39 is 0 Å². The Kier molecular flexibility index (Phi) is 6.57. The molecule has 14 heavy (non-hydrogen) atoms. The molecule has 0 N–H and O–H groups in total. The Labute approximate surface area is 86.3 Å². The van der Waals surface area contributed by atoms with Crippen LogP contribution in [0.5, 0.6) is 0 Å². The minimum Gasteiger partial charge on any atom is -0.466 e. The molecule has 0 aromatic carbocycles. The van der Waals surface area contributed by atoms with Gasteiger partial charge in [0.2, 0.25) is 0 Å². The van der Waals surface area contributed by atoms with Crippen molar-refractivity contribution in [3.05, 3.63) is 11.6 Å². The molecule has 0 bridgehead atoms. The Morgan fingerprint density at radius 3 is 2.79 bits per heavy atom. The van der Waals surface area contributed by atoms with Gasteiger partial charge >= 0.3 is 5.97 Å². The number of methoxy groups -OCH3 is 1. The summed E-state index contributed by atoms with van der Waals surface area (Å²) in [4.78, 5) is 11.0. The number of ether oxygens (including phenoxy) is 1. The first-order valence-corrected chi connectivity index (χ1v) is 4.80. The van der Waals surface area contributed by atoms with E-state index in [9.17, 15) is 4.79 Å². The van der Waals surface area contributed by atoms with Crippen molar-refractivity contribution in [3.8, 4) is 12.3 Å². The van der Waals surface area contributed by atoms with Gasteiger partial charge in [0.1, 0.15) is 0 Å². The minimum atomic E-state index is -0.255. The summed E-state index contributed by atoms with van der Waals surface area (Å²) in [5, 5.41) is 0. The van der Waals surface area contributed by atoms with Gasteiger partial charge in [-0.25, -0.2) is 4.79 Å². The van der Waals surface area contributed by atoms with E-state index >= 15 is 0 Å². The zero-order valence-corrected chi connectivity index (χ0v) is 9.17. The quantitative estimate of drug-likeness (QED) is 0.382. The molecular weight excluding hydrogens is 176 g/mol. The van der Waals surface area contributed by atoms with Gasteiger partial charge in [-0.15, -0.1) is 12.3 Å². The lowest BCUT2D eigenvalue weighted by Gasteiger charge is -2.04. The lowest BCUT2D eigenvalue weighted by Crippen LogP contribution is -2.01. The summed E-state index contributed by atoms with van der Waals surface area (Å²) in [7, 11) is 1.39. The van der Waals surface area contributed by atoms with Crippen LogP contribution in [0.4, 0.5) is 0 Å². The van der Waals surface area contributed by atoms with Crippen molar-refractivity contribution in [3.63, 3.8) is 0 Å². The van der Waals surface area contributed by atoms with Crippen molar-refractivity contribution >= 4 is 5.97 Å². The van der Waals surface area contributed by atoms with Gasteiger partial charge in [0.05, 0.1) is 7.11 Å². The number of carbonyl (C=O) groups is 1. The molecule has 0 saturated carbocycles. The van der Waals surface area contributed by atoms with E-state index in [4.69, 9.17) is 6.42 Å². The van der Waals surface area contributed by atoms with Crippen LogP contribution in [-0.2, 0) is 9.53 Å². The van der Waals surface area contributed by atoms with Crippen LogP contribution in [0.25, 0.3) is 0 Å². The van der Waals surface area contributed by atoms with E-state index in [-0.39, 0.29) is 5.97 Å². The molecule has 0 amide bonds. The molecule has 0 radical (unpaired) electrons. The van der Waals surface area contributed by atoms with Crippen molar-refractivity contribution in [2.75, 3.05) is 7.11 Å². The highest BCUT2D eigenvalue weighted by atomic mass is 16.5. The fourth-order valence-corrected chi connectivity index (χ4v) is 1.13. The van der Waals surface area contributed by atoms with Gasteiger partial charge in [-0.3, -0.25) is 0 Å². The maximum Gasteiger partial charge on any atom is 0.333 e. The third kappa shape index (κ3) is 5.42. The van der Waals surface area contributed by atoms with Crippen LogP contribution in [0.3, 0.4) is 0 Å². The second kappa shape index (κ2) is 7.20.